The van der Waals surface area contributed by atoms with E-state index in [0.29, 0.717) is 17.5 Å². The fourth-order valence-electron chi connectivity index (χ4n) is 3.08. The zero-order valence-electron chi connectivity index (χ0n) is 15.9. The van der Waals surface area contributed by atoms with Crippen LogP contribution in [0.4, 0.5) is 0 Å². The zero-order valence-corrected chi connectivity index (χ0v) is 16.7. The number of aryl methyl sites for hydroxylation is 1. The number of aliphatic imine (C=N–C) groups is 1. The van der Waals surface area contributed by atoms with E-state index in [1.54, 1.807) is 18.0 Å². The molecule has 0 aliphatic carbocycles. The van der Waals surface area contributed by atoms with Gasteiger partial charge in [-0.2, -0.15) is 0 Å². The second-order valence-corrected chi connectivity index (χ2v) is 7.84. The van der Waals surface area contributed by atoms with Crippen LogP contribution in [0.5, 0.6) is 5.75 Å². The summed E-state index contributed by atoms with van der Waals surface area (Å²) in [4.78, 5) is 25.6. The SMILES string of the molecule is C.CCOc1ccc(CC(=O)c2cnc(C)cn2)cc1[C@]1(C)CCSC(N)=N1. The number of aromatic nitrogens is 2. The predicted octanol–water partition coefficient (Wildman–Crippen LogP) is 3.91. The molecule has 2 aromatic rings. The van der Waals surface area contributed by atoms with E-state index in [-0.39, 0.29) is 19.6 Å². The van der Waals surface area contributed by atoms with Crippen LogP contribution in [-0.2, 0) is 12.0 Å². The Morgan fingerprint density at radius 1 is 1.32 bits per heavy atom. The van der Waals surface area contributed by atoms with Crippen LogP contribution in [0.2, 0.25) is 0 Å². The van der Waals surface area contributed by atoms with Gasteiger partial charge in [0.05, 0.1) is 24.0 Å². The van der Waals surface area contributed by atoms with E-state index >= 15 is 0 Å². The summed E-state index contributed by atoms with van der Waals surface area (Å²) in [7, 11) is 0. The molecule has 7 heteroatoms. The van der Waals surface area contributed by atoms with Gasteiger partial charge in [0, 0.05) is 23.9 Å². The molecule has 1 atom stereocenters. The van der Waals surface area contributed by atoms with Gasteiger partial charge >= 0.3 is 0 Å². The Morgan fingerprint density at radius 3 is 2.75 bits per heavy atom. The zero-order chi connectivity index (χ0) is 19.4. The average molecular weight is 401 g/mol. The van der Waals surface area contributed by atoms with Gasteiger partial charge in [0.25, 0.3) is 0 Å². The Morgan fingerprint density at radius 2 is 2.11 bits per heavy atom. The van der Waals surface area contributed by atoms with Crippen molar-refractivity contribution in [1.29, 1.82) is 0 Å². The lowest BCUT2D eigenvalue weighted by Gasteiger charge is -2.31. The largest absolute Gasteiger partial charge is 0.494 e. The molecule has 3 rings (SSSR count). The molecule has 1 aromatic carbocycles. The van der Waals surface area contributed by atoms with Gasteiger partial charge in [0.1, 0.15) is 11.4 Å². The summed E-state index contributed by atoms with van der Waals surface area (Å²) in [6.07, 6.45) is 4.24. The highest BCUT2D eigenvalue weighted by Gasteiger charge is 2.32. The molecule has 0 amide bonds. The van der Waals surface area contributed by atoms with Crippen molar-refractivity contribution >= 4 is 22.7 Å². The van der Waals surface area contributed by atoms with E-state index in [0.717, 1.165) is 34.7 Å². The number of rotatable bonds is 6. The summed E-state index contributed by atoms with van der Waals surface area (Å²) >= 11 is 1.57. The van der Waals surface area contributed by atoms with Crippen molar-refractivity contribution < 1.29 is 9.53 Å². The van der Waals surface area contributed by atoms with Crippen LogP contribution in [0.3, 0.4) is 0 Å². The number of Topliss-reactive ketones (excluding diaryl/α,β-unsaturated/α-hetero) is 1. The van der Waals surface area contributed by atoms with Gasteiger partial charge in [-0.05, 0) is 44.9 Å². The number of thioether (sulfide) groups is 1. The molecule has 1 aromatic heterocycles. The van der Waals surface area contributed by atoms with E-state index in [9.17, 15) is 4.79 Å². The maximum Gasteiger partial charge on any atom is 0.187 e. The Balaban J connectivity index is 0.00000280. The summed E-state index contributed by atoms with van der Waals surface area (Å²) in [6.45, 7) is 6.42. The van der Waals surface area contributed by atoms with Crippen LogP contribution in [-0.4, -0.2) is 33.3 Å². The molecule has 0 bridgehead atoms. The number of ketones is 1. The quantitative estimate of drug-likeness (QED) is 0.739. The van der Waals surface area contributed by atoms with Crippen LogP contribution in [0, 0.1) is 6.92 Å². The Labute approximate surface area is 171 Å². The monoisotopic (exact) mass is 400 g/mol. The third kappa shape index (κ3) is 4.90. The lowest BCUT2D eigenvalue weighted by atomic mass is 9.87. The summed E-state index contributed by atoms with van der Waals surface area (Å²) < 4.78 is 5.82. The van der Waals surface area contributed by atoms with Gasteiger partial charge in [0.15, 0.2) is 11.0 Å². The van der Waals surface area contributed by atoms with Crippen LogP contribution < -0.4 is 10.5 Å². The maximum atomic E-state index is 12.6. The lowest BCUT2D eigenvalue weighted by molar-refractivity contribution is 0.0987. The van der Waals surface area contributed by atoms with Gasteiger partial charge in [-0.3, -0.25) is 14.8 Å². The van der Waals surface area contributed by atoms with Gasteiger partial charge < -0.3 is 10.5 Å². The summed E-state index contributed by atoms with van der Waals surface area (Å²) in [5, 5.41) is 0.586. The molecule has 1 aliphatic rings. The van der Waals surface area contributed by atoms with Gasteiger partial charge in [-0.15, -0.1) is 0 Å². The van der Waals surface area contributed by atoms with Crippen molar-refractivity contribution in [2.24, 2.45) is 10.7 Å². The molecule has 2 heterocycles. The van der Waals surface area contributed by atoms with E-state index < -0.39 is 5.54 Å². The first-order chi connectivity index (χ1) is 12.9. The number of ether oxygens (including phenoxy) is 1. The first-order valence-electron chi connectivity index (χ1n) is 8.97. The highest BCUT2D eigenvalue weighted by molar-refractivity contribution is 8.13. The van der Waals surface area contributed by atoms with Crippen LogP contribution in [0.1, 0.15) is 55.0 Å². The van der Waals surface area contributed by atoms with Crippen molar-refractivity contribution in [3.05, 3.63) is 53.1 Å². The summed E-state index contributed by atoms with van der Waals surface area (Å²) in [6, 6.07) is 5.85. The third-order valence-electron chi connectivity index (χ3n) is 4.55. The fraction of sp³-hybridized carbons (Fsp3) is 0.429. The molecule has 0 saturated heterocycles. The average Bonchev–Trinajstić information content (AvgIpc) is 2.63. The normalized spacial score (nSPS) is 18.8. The molecule has 0 spiro atoms. The van der Waals surface area contributed by atoms with Gasteiger partial charge in [-0.25, -0.2) is 4.98 Å². The fourth-order valence-corrected chi connectivity index (χ4v) is 4.06. The topological polar surface area (TPSA) is 90.5 Å². The highest BCUT2D eigenvalue weighted by Crippen LogP contribution is 2.40. The van der Waals surface area contributed by atoms with Crippen molar-refractivity contribution in [3.63, 3.8) is 0 Å². The Bertz CT molecular complexity index is 867. The van der Waals surface area contributed by atoms with Crippen LogP contribution in [0.25, 0.3) is 0 Å². The molecule has 0 saturated carbocycles. The van der Waals surface area contributed by atoms with Gasteiger partial charge in [0.2, 0.25) is 0 Å². The minimum Gasteiger partial charge on any atom is -0.494 e. The van der Waals surface area contributed by atoms with E-state index in [4.69, 9.17) is 10.5 Å². The van der Waals surface area contributed by atoms with E-state index in [1.807, 2.05) is 32.0 Å². The lowest BCUT2D eigenvalue weighted by Crippen LogP contribution is -2.29. The molecule has 0 unspecified atom stereocenters. The molecule has 28 heavy (non-hydrogen) atoms. The number of carbonyl (C=O) groups is 1. The maximum absolute atomic E-state index is 12.6. The molecule has 2 N–H and O–H groups in total. The third-order valence-corrected chi connectivity index (χ3v) is 5.35. The second-order valence-electron chi connectivity index (χ2n) is 6.73. The minimum absolute atomic E-state index is 0. The number of hydrogen-bond acceptors (Lipinski definition) is 7. The van der Waals surface area contributed by atoms with E-state index in [2.05, 4.69) is 21.9 Å². The first-order valence-corrected chi connectivity index (χ1v) is 9.96. The smallest absolute Gasteiger partial charge is 0.187 e. The number of benzene rings is 1. The molecule has 6 nitrogen and oxygen atoms in total. The Hall–Kier alpha value is -2.41. The first kappa shape index (κ1) is 21.9. The van der Waals surface area contributed by atoms with Gasteiger partial charge in [-0.1, -0.05) is 25.3 Å². The van der Waals surface area contributed by atoms with Crippen molar-refractivity contribution in [3.8, 4) is 5.75 Å². The highest BCUT2D eigenvalue weighted by atomic mass is 32.2. The molecular weight excluding hydrogens is 372 g/mol. The number of nitrogens with zero attached hydrogens (tertiary/aromatic N) is 3. The van der Waals surface area contributed by atoms with Crippen LogP contribution >= 0.6 is 11.8 Å². The predicted molar refractivity (Wildman–Crippen MR) is 115 cm³/mol. The van der Waals surface area contributed by atoms with Crippen molar-refractivity contribution in [2.45, 2.75) is 46.6 Å². The minimum atomic E-state index is -0.456. The van der Waals surface area contributed by atoms with Crippen molar-refractivity contribution in [1.82, 2.24) is 9.97 Å². The summed E-state index contributed by atoms with van der Waals surface area (Å²) in [5.41, 5.74) is 8.55. The molecule has 1 aliphatic heterocycles. The molecule has 0 radical (unpaired) electrons. The second kappa shape index (κ2) is 9.19. The molecule has 150 valence electrons. The standard InChI is InChI=1S/C20H24N4O2S.CH4/c1-4-26-18-6-5-14(10-17(25)16-12-22-13(2)11-23-16)9-15(18)20(3)7-8-27-19(21)24-20;/h5-6,9,11-12H,4,7-8,10H2,1-3H3,(H2,21,24);1H4/t20-;/m0./s1. The number of nitrogens with two attached hydrogens (primary N) is 1. The number of carbonyl (C=O) groups excluding carboxylic acids is 1. The van der Waals surface area contributed by atoms with Crippen LogP contribution in [0.15, 0.2) is 35.6 Å². The molecular formula is C21H28N4O2S. The number of amidine groups is 1. The number of hydrogen-bond donors (Lipinski definition) is 1. The molecule has 0 fully saturated rings. The van der Waals surface area contributed by atoms with E-state index in [1.165, 1.54) is 6.20 Å². The van der Waals surface area contributed by atoms with Crippen molar-refractivity contribution in [2.75, 3.05) is 12.4 Å². The Kier molecular flexibility index (Phi) is 7.18. The summed E-state index contributed by atoms with van der Waals surface area (Å²) in [5.74, 6) is 1.62.